The first-order chi connectivity index (χ1) is 9.66. The molecular weight excluding hydrogens is 250 g/mol. The Balaban J connectivity index is 1.94. The molecule has 0 saturated heterocycles. The molecule has 1 aromatic rings. The lowest BCUT2D eigenvalue weighted by molar-refractivity contribution is 0.119. The molecule has 1 aromatic carbocycles. The average Bonchev–Trinajstić information content (AvgIpc) is 2.46. The minimum absolute atomic E-state index is 0.190. The highest BCUT2D eigenvalue weighted by atomic mass is 16.5. The monoisotopic (exact) mass is 275 g/mol. The number of rotatable bonds is 6. The third-order valence-electron chi connectivity index (χ3n) is 3.42. The molecule has 0 aromatic heterocycles. The first-order valence-corrected chi connectivity index (χ1v) is 7.46. The van der Waals surface area contributed by atoms with E-state index < -0.39 is 0 Å². The van der Waals surface area contributed by atoms with Gasteiger partial charge in [-0.15, -0.1) is 0 Å². The quantitative estimate of drug-likeness (QED) is 0.856. The predicted octanol–water partition coefficient (Wildman–Crippen LogP) is 3.82. The van der Waals surface area contributed by atoms with Crippen molar-refractivity contribution in [3.63, 3.8) is 0 Å². The minimum atomic E-state index is 0.190. The smallest absolute Gasteiger partial charge is 0.124 e. The fourth-order valence-electron chi connectivity index (χ4n) is 2.35. The Labute approximate surface area is 122 Å². The second kappa shape index (κ2) is 7.34. The molecule has 0 fully saturated rings. The number of hydrogen-bond acceptors (Lipinski definition) is 3. The van der Waals surface area contributed by atoms with Crippen LogP contribution in [-0.2, 0) is 4.74 Å². The summed E-state index contributed by atoms with van der Waals surface area (Å²) in [6.45, 7) is 7.14. The van der Waals surface area contributed by atoms with E-state index in [1.165, 1.54) is 5.56 Å². The van der Waals surface area contributed by atoms with Crippen LogP contribution in [0, 0.1) is 0 Å². The van der Waals surface area contributed by atoms with E-state index in [0.29, 0.717) is 0 Å². The van der Waals surface area contributed by atoms with Gasteiger partial charge in [0, 0.05) is 18.2 Å². The van der Waals surface area contributed by atoms with Crippen molar-refractivity contribution in [3.05, 3.63) is 42.2 Å². The third-order valence-corrected chi connectivity index (χ3v) is 3.42. The molecule has 0 aliphatic carbocycles. The number of hydrogen-bond donors (Lipinski definition) is 1. The summed E-state index contributed by atoms with van der Waals surface area (Å²) >= 11 is 0. The van der Waals surface area contributed by atoms with E-state index >= 15 is 0 Å². The zero-order valence-electron chi connectivity index (χ0n) is 12.6. The van der Waals surface area contributed by atoms with Gasteiger partial charge in [-0.2, -0.15) is 0 Å². The average molecular weight is 275 g/mol. The highest BCUT2D eigenvalue weighted by Gasteiger charge is 2.15. The summed E-state index contributed by atoms with van der Waals surface area (Å²) in [6, 6.07) is 8.48. The lowest BCUT2D eigenvalue weighted by atomic mass is 10.1. The molecular formula is C17H25NO2. The number of allylic oxidation sites excluding steroid dienone is 1. The molecule has 1 heterocycles. The highest BCUT2D eigenvalue weighted by Crippen LogP contribution is 2.26. The first kappa shape index (κ1) is 14.9. The van der Waals surface area contributed by atoms with Gasteiger partial charge in [-0.05, 0) is 45.8 Å². The second-order valence-electron chi connectivity index (χ2n) is 5.54. The Morgan fingerprint density at radius 2 is 2.10 bits per heavy atom. The van der Waals surface area contributed by atoms with Gasteiger partial charge in [0.15, 0.2) is 0 Å². The van der Waals surface area contributed by atoms with Crippen LogP contribution < -0.4 is 10.1 Å². The molecule has 110 valence electrons. The maximum atomic E-state index is 5.88. The molecule has 3 nitrogen and oxygen atoms in total. The summed E-state index contributed by atoms with van der Waals surface area (Å²) in [5.74, 6) is 0.965. The zero-order valence-corrected chi connectivity index (χ0v) is 12.6. The van der Waals surface area contributed by atoms with Gasteiger partial charge >= 0.3 is 0 Å². The van der Waals surface area contributed by atoms with Gasteiger partial charge in [0.25, 0.3) is 0 Å². The van der Waals surface area contributed by atoms with Crippen LogP contribution in [0.5, 0.6) is 5.75 Å². The van der Waals surface area contributed by atoms with Gasteiger partial charge in [-0.1, -0.05) is 18.2 Å². The van der Waals surface area contributed by atoms with Crippen molar-refractivity contribution in [1.82, 2.24) is 5.32 Å². The summed E-state index contributed by atoms with van der Waals surface area (Å²) in [7, 11) is 0. The van der Waals surface area contributed by atoms with Crippen LogP contribution in [0.4, 0.5) is 0 Å². The Kier molecular flexibility index (Phi) is 5.48. The van der Waals surface area contributed by atoms with Crippen LogP contribution >= 0.6 is 0 Å². The largest absolute Gasteiger partial charge is 0.497 e. The Hall–Kier alpha value is -1.48. The van der Waals surface area contributed by atoms with Gasteiger partial charge < -0.3 is 14.8 Å². The van der Waals surface area contributed by atoms with Crippen molar-refractivity contribution >= 4 is 0 Å². The molecule has 0 saturated carbocycles. The van der Waals surface area contributed by atoms with Crippen LogP contribution in [0.3, 0.4) is 0 Å². The molecule has 1 aliphatic rings. The van der Waals surface area contributed by atoms with E-state index in [0.717, 1.165) is 25.1 Å². The summed E-state index contributed by atoms with van der Waals surface area (Å²) in [5.41, 5.74) is 1.20. The molecule has 2 rings (SSSR count). The van der Waals surface area contributed by atoms with Crippen LogP contribution in [0.25, 0.3) is 0 Å². The van der Waals surface area contributed by atoms with Crippen LogP contribution in [0.1, 0.15) is 45.2 Å². The van der Waals surface area contributed by atoms with Crippen molar-refractivity contribution in [2.24, 2.45) is 0 Å². The van der Waals surface area contributed by atoms with Crippen LogP contribution in [0.15, 0.2) is 36.6 Å². The Bertz CT molecular complexity index is 442. The molecule has 0 spiro atoms. The second-order valence-corrected chi connectivity index (χ2v) is 5.54. The lowest BCUT2D eigenvalue weighted by Gasteiger charge is -2.24. The first-order valence-electron chi connectivity index (χ1n) is 7.46. The number of benzene rings is 1. The molecule has 3 heteroatoms. The van der Waals surface area contributed by atoms with Gasteiger partial charge in [0.1, 0.15) is 11.9 Å². The van der Waals surface area contributed by atoms with Gasteiger partial charge in [0.2, 0.25) is 0 Å². The van der Waals surface area contributed by atoms with Gasteiger partial charge in [-0.25, -0.2) is 0 Å². The topological polar surface area (TPSA) is 30.5 Å². The molecule has 0 radical (unpaired) electrons. The van der Waals surface area contributed by atoms with E-state index in [1.54, 1.807) is 0 Å². The van der Waals surface area contributed by atoms with Crippen molar-refractivity contribution in [2.75, 3.05) is 6.54 Å². The van der Waals surface area contributed by atoms with E-state index in [4.69, 9.17) is 9.47 Å². The summed E-state index contributed by atoms with van der Waals surface area (Å²) in [4.78, 5) is 0. The summed E-state index contributed by atoms with van der Waals surface area (Å²) < 4.78 is 11.5. The Morgan fingerprint density at radius 1 is 1.30 bits per heavy atom. The van der Waals surface area contributed by atoms with Crippen molar-refractivity contribution < 1.29 is 9.47 Å². The normalized spacial score (nSPS) is 19.7. The molecule has 1 N–H and O–H groups in total. The molecule has 0 amide bonds. The van der Waals surface area contributed by atoms with E-state index in [-0.39, 0.29) is 18.2 Å². The van der Waals surface area contributed by atoms with Gasteiger partial charge in [0.05, 0.1) is 12.4 Å². The summed E-state index contributed by atoms with van der Waals surface area (Å²) in [5, 5.41) is 3.54. The molecule has 20 heavy (non-hydrogen) atoms. The molecule has 0 bridgehead atoms. The summed E-state index contributed by atoms with van der Waals surface area (Å²) in [6.07, 6.45) is 6.55. The highest BCUT2D eigenvalue weighted by molar-refractivity contribution is 5.35. The standard InChI is InChI=1S/C17H25NO2/c1-13(2)20-17-10-5-4-9-16(17)14(3)18-12-15-8-6-7-11-19-15/h4-5,7,9-11,13-15,18H,6,8,12H2,1-3H3. The van der Waals surface area contributed by atoms with Crippen molar-refractivity contribution in [3.8, 4) is 5.75 Å². The van der Waals surface area contributed by atoms with E-state index in [9.17, 15) is 0 Å². The zero-order chi connectivity index (χ0) is 14.4. The SMILES string of the molecule is CC(C)Oc1ccccc1C(C)NCC1CCC=CO1. The van der Waals surface area contributed by atoms with E-state index in [1.807, 2.05) is 18.4 Å². The molecule has 2 unspecified atom stereocenters. The number of ether oxygens (including phenoxy) is 2. The lowest BCUT2D eigenvalue weighted by Crippen LogP contribution is -2.31. The van der Waals surface area contributed by atoms with E-state index in [2.05, 4.69) is 44.3 Å². The van der Waals surface area contributed by atoms with Crippen molar-refractivity contribution in [2.45, 2.75) is 51.9 Å². The predicted molar refractivity (Wildman–Crippen MR) is 81.9 cm³/mol. The number of nitrogens with one attached hydrogen (secondary N) is 1. The van der Waals surface area contributed by atoms with Crippen LogP contribution in [-0.4, -0.2) is 18.8 Å². The fourth-order valence-corrected chi connectivity index (χ4v) is 2.35. The van der Waals surface area contributed by atoms with Crippen LogP contribution in [0.2, 0.25) is 0 Å². The molecule has 2 atom stereocenters. The maximum Gasteiger partial charge on any atom is 0.124 e. The number of para-hydroxylation sites is 1. The fraction of sp³-hybridized carbons (Fsp3) is 0.529. The van der Waals surface area contributed by atoms with Gasteiger partial charge in [-0.3, -0.25) is 0 Å². The molecule has 1 aliphatic heterocycles. The van der Waals surface area contributed by atoms with Crippen molar-refractivity contribution in [1.29, 1.82) is 0 Å². The Morgan fingerprint density at radius 3 is 2.80 bits per heavy atom. The third kappa shape index (κ3) is 4.27. The maximum absolute atomic E-state index is 5.88. The minimum Gasteiger partial charge on any atom is -0.497 e.